The zero-order valence-corrected chi connectivity index (χ0v) is 13.8. The van der Waals surface area contributed by atoms with Gasteiger partial charge >= 0.3 is 0 Å². The number of fused-ring (bicyclic) bond motifs is 1. The highest BCUT2D eigenvalue weighted by Crippen LogP contribution is 2.27. The maximum absolute atomic E-state index is 12.6. The van der Waals surface area contributed by atoms with E-state index in [1.807, 2.05) is 0 Å². The van der Waals surface area contributed by atoms with Crippen LogP contribution in [0.5, 0.6) is 0 Å². The number of nitriles is 2. The van der Waals surface area contributed by atoms with Gasteiger partial charge in [0.05, 0.1) is 24.4 Å². The average Bonchev–Trinajstić information content (AvgIpc) is 3.02. The molecule has 0 amide bonds. The van der Waals surface area contributed by atoms with Crippen molar-refractivity contribution in [2.24, 2.45) is 7.05 Å². The van der Waals surface area contributed by atoms with E-state index in [1.54, 1.807) is 17.8 Å². The minimum Gasteiger partial charge on any atom is -0.362 e. The number of piperazine rings is 1. The molecule has 124 valence electrons. The normalized spacial score (nSPS) is 17.7. The first-order valence-electron chi connectivity index (χ1n) is 7.98. The monoisotopic (exact) mass is 325 g/mol. The molecule has 0 spiro atoms. The van der Waals surface area contributed by atoms with Gasteiger partial charge in [0.25, 0.3) is 5.56 Å². The van der Waals surface area contributed by atoms with E-state index >= 15 is 0 Å². The highest BCUT2D eigenvalue weighted by Gasteiger charge is 2.28. The minimum absolute atomic E-state index is 0.111. The van der Waals surface area contributed by atoms with E-state index in [0.29, 0.717) is 23.6 Å². The molecule has 2 aromatic rings. The Morgan fingerprint density at radius 2 is 2.25 bits per heavy atom. The quantitative estimate of drug-likeness (QED) is 0.862. The first-order valence-corrected chi connectivity index (χ1v) is 7.98. The molecule has 0 aliphatic carbocycles. The molecule has 0 bridgehead atoms. The topological polar surface area (TPSA) is 102 Å². The van der Waals surface area contributed by atoms with Crippen LogP contribution in [-0.4, -0.2) is 39.9 Å². The van der Waals surface area contributed by atoms with Crippen LogP contribution < -0.4 is 15.8 Å². The Labute approximate surface area is 139 Å². The summed E-state index contributed by atoms with van der Waals surface area (Å²) < 4.78 is 3.01. The Kier molecular flexibility index (Phi) is 4.24. The largest absolute Gasteiger partial charge is 0.362 e. The number of hydrogen-bond donors (Lipinski definition) is 1. The van der Waals surface area contributed by atoms with Gasteiger partial charge in [-0.2, -0.15) is 10.5 Å². The maximum Gasteiger partial charge on any atom is 0.285 e. The Morgan fingerprint density at radius 3 is 2.92 bits per heavy atom. The van der Waals surface area contributed by atoms with Crippen LogP contribution in [0.1, 0.15) is 24.6 Å². The second-order valence-electron chi connectivity index (χ2n) is 5.86. The van der Waals surface area contributed by atoms with Crippen molar-refractivity contribution in [3.63, 3.8) is 0 Å². The summed E-state index contributed by atoms with van der Waals surface area (Å²) in [6.07, 6.45) is 2.74. The summed E-state index contributed by atoms with van der Waals surface area (Å²) in [5.41, 5.74) is 1.48. The summed E-state index contributed by atoms with van der Waals surface area (Å²) in [4.78, 5) is 19.3. The first-order chi connectivity index (χ1) is 11.6. The van der Waals surface area contributed by atoms with Crippen LogP contribution in [-0.2, 0) is 13.5 Å². The number of nitrogens with zero attached hydrogens (tertiary/aromatic N) is 6. The van der Waals surface area contributed by atoms with Crippen molar-refractivity contribution in [1.29, 1.82) is 10.5 Å². The van der Waals surface area contributed by atoms with Gasteiger partial charge in [0.15, 0.2) is 5.65 Å². The highest BCUT2D eigenvalue weighted by molar-refractivity contribution is 5.76. The van der Waals surface area contributed by atoms with Crippen LogP contribution in [0.4, 0.5) is 5.69 Å². The minimum atomic E-state index is -0.353. The molecule has 1 fully saturated rings. The van der Waals surface area contributed by atoms with Gasteiger partial charge in [0.2, 0.25) is 0 Å². The summed E-state index contributed by atoms with van der Waals surface area (Å²) in [5, 5.41) is 21.9. The van der Waals surface area contributed by atoms with Gasteiger partial charge in [-0.1, -0.05) is 6.92 Å². The number of rotatable bonds is 3. The van der Waals surface area contributed by atoms with Crippen molar-refractivity contribution in [2.45, 2.75) is 25.8 Å². The molecule has 2 aromatic heterocycles. The van der Waals surface area contributed by atoms with Crippen LogP contribution in [0, 0.1) is 22.7 Å². The summed E-state index contributed by atoms with van der Waals surface area (Å²) >= 11 is 0. The van der Waals surface area contributed by atoms with Gasteiger partial charge in [0.1, 0.15) is 17.3 Å². The van der Waals surface area contributed by atoms with Gasteiger partial charge in [-0.05, 0) is 6.42 Å². The lowest BCUT2D eigenvalue weighted by Gasteiger charge is -2.37. The molecule has 1 saturated heterocycles. The summed E-state index contributed by atoms with van der Waals surface area (Å²) in [6, 6.07) is 4.33. The van der Waals surface area contributed by atoms with E-state index < -0.39 is 0 Å². The van der Waals surface area contributed by atoms with Gasteiger partial charge in [-0.3, -0.25) is 4.79 Å². The van der Waals surface area contributed by atoms with E-state index in [9.17, 15) is 10.1 Å². The lowest BCUT2D eigenvalue weighted by atomic mass is 10.1. The van der Waals surface area contributed by atoms with Crippen LogP contribution in [0.15, 0.2) is 11.0 Å². The smallest absolute Gasteiger partial charge is 0.285 e. The molecule has 8 nitrogen and oxygen atoms in total. The average molecular weight is 325 g/mol. The van der Waals surface area contributed by atoms with E-state index in [-0.39, 0.29) is 23.6 Å². The SMILES string of the molecule is CCC1CNCCN1c1c(C#N)c(=O)n(C)n2cc(CC#N)nc12. The molecule has 1 aliphatic heterocycles. The Morgan fingerprint density at radius 1 is 1.46 bits per heavy atom. The third-order valence-corrected chi connectivity index (χ3v) is 4.50. The summed E-state index contributed by atoms with van der Waals surface area (Å²) in [6.45, 7) is 4.38. The van der Waals surface area contributed by atoms with Crippen LogP contribution in [0.25, 0.3) is 5.65 Å². The number of nitrogens with one attached hydrogen (secondary N) is 1. The van der Waals surface area contributed by atoms with Gasteiger partial charge in [0, 0.05) is 32.7 Å². The molecule has 0 aromatic carbocycles. The van der Waals surface area contributed by atoms with Crippen molar-refractivity contribution in [2.75, 3.05) is 24.5 Å². The predicted molar refractivity (Wildman–Crippen MR) is 88.8 cm³/mol. The third-order valence-electron chi connectivity index (χ3n) is 4.50. The van der Waals surface area contributed by atoms with E-state index in [0.717, 1.165) is 19.5 Å². The molecule has 1 aliphatic rings. The Hall–Kier alpha value is -2.84. The zero-order valence-electron chi connectivity index (χ0n) is 13.8. The fraction of sp³-hybridized carbons (Fsp3) is 0.500. The first kappa shape index (κ1) is 16.0. The van der Waals surface area contributed by atoms with Crippen molar-refractivity contribution in [3.05, 3.63) is 27.8 Å². The highest BCUT2D eigenvalue weighted by atomic mass is 16.1. The number of anilines is 1. The van der Waals surface area contributed by atoms with E-state index in [1.165, 1.54) is 4.68 Å². The second-order valence-corrected chi connectivity index (χ2v) is 5.86. The van der Waals surface area contributed by atoms with E-state index in [4.69, 9.17) is 5.26 Å². The molecule has 1 N–H and O–H groups in total. The van der Waals surface area contributed by atoms with Gasteiger partial charge in [-0.25, -0.2) is 14.2 Å². The molecular formula is C16H19N7O. The second kappa shape index (κ2) is 6.34. The number of aromatic nitrogens is 3. The molecular weight excluding hydrogens is 306 g/mol. The predicted octanol–water partition coefficient (Wildman–Crippen LogP) is 0.159. The Balaban J connectivity index is 2.32. The fourth-order valence-corrected chi connectivity index (χ4v) is 3.24. The van der Waals surface area contributed by atoms with Crippen LogP contribution in [0.2, 0.25) is 0 Å². The molecule has 3 heterocycles. The number of hydrogen-bond acceptors (Lipinski definition) is 6. The molecule has 3 rings (SSSR count). The van der Waals surface area contributed by atoms with Crippen LogP contribution >= 0.6 is 0 Å². The van der Waals surface area contributed by atoms with Crippen molar-refractivity contribution >= 4 is 11.3 Å². The van der Waals surface area contributed by atoms with Crippen molar-refractivity contribution in [1.82, 2.24) is 19.5 Å². The molecule has 1 unspecified atom stereocenters. The Bertz CT molecular complexity index is 912. The van der Waals surface area contributed by atoms with Crippen molar-refractivity contribution in [3.8, 4) is 12.1 Å². The maximum atomic E-state index is 12.6. The van der Waals surface area contributed by atoms with Gasteiger partial charge < -0.3 is 10.2 Å². The molecule has 8 heteroatoms. The van der Waals surface area contributed by atoms with Crippen molar-refractivity contribution < 1.29 is 0 Å². The lowest BCUT2D eigenvalue weighted by molar-refractivity contribution is 0.465. The molecule has 24 heavy (non-hydrogen) atoms. The standard InChI is InChI=1S/C16H19N7O/c1-3-12-9-19-6-7-22(12)14-13(8-18)16(24)21(2)23-10-11(4-5-17)20-15(14)23/h10,12,19H,3-4,6-7,9H2,1-2H3. The molecule has 0 radical (unpaired) electrons. The fourth-order valence-electron chi connectivity index (χ4n) is 3.24. The molecule has 0 saturated carbocycles. The zero-order chi connectivity index (χ0) is 17.3. The van der Waals surface area contributed by atoms with E-state index in [2.05, 4.69) is 34.3 Å². The molecule has 1 atom stereocenters. The summed E-state index contributed by atoms with van der Waals surface area (Å²) in [7, 11) is 1.60. The third kappa shape index (κ3) is 2.41. The lowest BCUT2D eigenvalue weighted by Crippen LogP contribution is -2.52. The summed E-state index contributed by atoms with van der Waals surface area (Å²) in [5.74, 6) is 0. The van der Waals surface area contributed by atoms with Gasteiger partial charge in [-0.15, -0.1) is 0 Å². The number of imidazole rings is 1. The number of aryl methyl sites for hydroxylation is 1. The van der Waals surface area contributed by atoms with Crippen LogP contribution in [0.3, 0.4) is 0 Å².